The summed E-state index contributed by atoms with van der Waals surface area (Å²) in [5.74, 6) is 4.19. The summed E-state index contributed by atoms with van der Waals surface area (Å²) in [4.78, 5) is 0. The van der Waals surface area contributed by atoms with Crippen LogP contribution in [0, 0.1) is 0 Å². The minimum atomic E-state index is 0.682. The average Bonchev–Trinajstić information content (AvgIpc) is 2.29. The third-order valence-corrected chi connectivity index (χ3v) is 3.14. The van der Waals surface area contributed by atoms with Crippen molar-refractivity contribution in [2.45, 2.75) is 0 Å². The van der Waals surface area contributed by atoms with E-state index in [1.54, 1.807) is 18.9 Å². The van der Waals surface area contributed by atoms with Crippen LogP contribution in [0.3, 0.4) is 0 Å². The molecule has 0 spiro atoms. The molecular weight excluding hydrogens is 232 g/mol. The van der Waals surface area contributed by atoms with Gasteiger partial charge in [0.2, 0.25) is 0 Å². The molecule has 2 nitrogen and oxygen atoms in total. The van der Waals surface area contributed by atoms with Crippen molar-refractivity contribution in [1.29, 1.82) is 0 Å². The van der Waals surface area contributed by atoms with Crippen LogP contribution >= 0.6 is 23.4 Å². The van der Waals surface area contributed by atoms with Gasteiger partial charge in [-0.25, -0.2) is 0 Å². The van der Waals surface area contributed by atoms with E-state index in [1.165, 1.54) is 0 Å². The van der Waals surface area contributed by atoms with Gasteiger partial charge in [0.1, 0.15) is 0 Å². The van der Waals surface area contributed by atoms with Crippen molar-refractivity contribution in [2.24, 2.45) is 0 Å². The molecule has 0 aromatic heterocycles. The maximum absolute atomic E-state index is 5.59. The molecule has 15 heavy (non-hydrogen) atoms. The highest BCUT2D eigenvalue weighted by Gasteiger charge is 2.01. The van der Waals surface area contributed by atoms with Crippen molar-refractivity contribution >= 4 is 23.4 Å². The number of para-hydroxylation sites is 2. The van der Waals surface area contributed by atoms with Crippen molar-refractivity contribution in [3.63, 3.8) is 0 Å². The van der Waals surface area contributed by atoms with Gasteiger partial charge in [-0.05, 0) is 12.1 Å². The molecule has 0 heterocycles. The molecule has 0 unspecified atom stereocenters. The number of benzene rings is 1. The molecule has 0 N–H and O–H groups in total. The zero-order chi connectivity index (χ0) is 10.9. The molecule has 0 saturated heterocycles. The maximum atomic E-state index is 5.59. The first-order chi connectivity index (χ1) is 7.38. The Morgan fingerprint density at radius 2 is 1.93 bits per heavy atom. The second-order valence-electron chi connectivity index (χ2n) is 2.80. The summed E-state index contributed by atoms with van der Waals surface area (Å²) in [5, 5.41) is 0. The van der Waals surface area contributed by atoms with Crippen molar-refractivity contribution in [1.82, 2.24) is 0 Å². The summed E-state index contributed by atoms with van der Waals surface area (Å²) in [6.45, 7) is 0.682. The number of methoxy groups -OCH3 is 1. The molecule has 0 aliphatic heterocycles. The van der Waals surface area contributed by atoms with E-state index in [0.29, 0.717) is 12.5 Å². The minimum Gasteiger partial charge on any atom is -0.493 e. The van der Waals surface area contributed by atoms with Gasteiger partial charge >= 0.3 is 0 Å². The van der Waals surface area contributed by atoms with Gasteiger partial charge in [0.05, 0.1) is 13.7 Å². The van der Waals surface area contributed by atoms with Gasteiger partial charge in [0.15, 0.2) is 11.5 Å². The fraction of sp³-hybridized carbons (Fsp3) is 0.455. The number of thioether (sulfide) groups is 1. The Kier molecular flexibility index (Phi) is 6.44. The van der Waals surface area contributed by atoms with Gasteiger partial charge in [0.25, 0.3) is 0 Å². The number of hydrogen-bond acceptors (Lipinski definition) is 3. The predicted octanol–water partition coefficient (Wildman–Crippen LogP) is 3.05. The fourth-order valence-electron chi connectivity index (χ4n) is 1.11. The zero-order valence-electron chi connectivity index (χ0n) is 8.74. The van der Waals surface area contributed by atoms with E-state index in [4.69, 9.17) is 21.1 Å². The van der Waals surface area contributed by atoms with Gasteiger partial charge < -0.3 is 9.47 Å². The Morgan fingerprint density at radius 3 is 2.60 bits per heavy atom. The van der Waals surface area contributed by atoms with Crippen LogP contribution in [0.4, 0.5) is 0 Å². The van der Waals surface area contributed by atoms with E-state index in [0.717, 1.165) is 23.0 Å². The van der Waals surface area contributed by atoms with Crippen molar-refractivity contribution in [2.75, 3.05) is 31.1 Å². The van der Waals surface area contributed by atoms with Gasteiger partial charge in [-0.3, -0.25) is 0 Å². The van der Waals surface area contributed by atoms with E-state index in [2.05, 4.69) is 0 Å². The van der Waals surface area contributed by atoms with E-state index in [1.807, 2.05) is 24.3 Å². The molecule has 0 atom stereocenters. The molecular formula is C11H15ClO2S. The lowest BCUT2D eigenvalue weighted by atomic mass is 10.3. The fourth-order valence-corrected chi connectivity index (χ4v) is 1.95. The van der Waals surface area contributed by atoms with Crippen LogP contribution in [0.15, 0.2) is 24.3 Å². The number of hydrogen-bond donors (Lipinski definition) is 0. The van der Waals surface area contributed by atoms with Crippen LogP contribution in [-0.2, 0) is 0 Å². The van der Waals surface area contributed by atoms with E-state index < -0.39 is 0 Å². The molecule has 1 rings (SSSR count). The van der Waals surface area contributed by atoms with E-state index in [-0.39, 0.29) is 0 Å². The SMILES string of the molecule is COc1ccccc1OCCSCCCl. The minimum absolute atomic E-state index is 0.682. The quantitative estimate of drug-likeness (QED) is 0.544. The molecule has 0 aliphatic carbocycles. The standard InChI is InChI=1S/C11H15ClO2S/c1-13-10-4-2-3-5-11(10)14-7-9-15-8-6-12/h2-5H,6-9H2,1H3. The second-order valence-corrected chi connectivity index (χ2v) is 4.40. The van der Waals surface area contributed by atoms with Crippen LogP contribution in [0.25, 0.3) is 0 Å². The molecule has 84 valence electrons. The van der Waals surface area contributed by atoms with Crippen LogP contribution < -0.4 is 9.47 Å². The van der Waals surface area contributed by atoms with E-state index >= 15 is 0 Å². The molecule has 0 fully saturated rings. The summed E-state index contributed by atoms with van der Waals surface area (Å²) in [6.07, 6.45) is 0. The van der Waals surface area contributed by atoms with Gasteiger partial charge in [-0.15, -0.1) is 11.6 Å². The molecule has 1 aromatic rings. The highest BCUT2D eigenvalue weighted by Crippen LogP contribution is 2.25. The Balaban J connectivity index is 2.30. The highest BCUT2D eigenvalue weighted by molar-refractivity contribution is 7.99. The largest absolute Gasteiger partial charge is 0.493 e. The number of halogens is 1. The third kappa shape index (κ3) is 4.67. The predicted molar refractivity (Wildman–Crippen MR) is 66.5 cm³/mol. The number of ether oxygens (including phenoxy) is 2. The molecule has 1 aromatic carbocycles. The van der Waals surface area contributed by atoms with Gasteiger partial charge in [0, 0.05) is 17.4 Å². The number of alkyl halides is 1. The average molecular weight is 247 g/mol. The van der Waals surface area contributed by atoms with Crippen LogP contribution in [0.2, 0.25) is 0 Å². The molecule has 0 aliphatic rings. The molecule has 0 radical (unpaired) electrons. The topological polar surface area (TPSA) is 18.5 Å². The zero-order valence-corrected chi connectivity index (χ0v) is 10.3. The third-order valence-electron chi connectivity index (χ3n) is 1.78. The first-order valence-corrected chi connectivity index (χ1v) is 6.47. The lowest BCUT2D eigenvalue weighted by molar-refractivity contribution is 0.313. The van der Waals surface area contributed by atoms with E-state index in [9.17, 15) is 0 Å². The van der Waals surface area contributed by atoms with Crippen molar-refractivity contribution in [3.8, 4) is 11.5 Å². The second kappa shape index (κ2) is 7.71. The van der Waals surface area contributed by atoms with Gasteiger partial charge in [-0.1, -0.05) is 12.1 Å². The lowest BCUT2D eigenvalue weighted by Gasteiger charge is -2.09. The first-order valence-electron chi connectivity index (χ1n) is 4.78. The van der Waals surface area contributed by atoms with Crippen LogP contribution in [0.5, 0.6) is 11.5 Å². The summed E-state index contributed by atoms with van der Waals surface area (Å²) in [6, 6.07) is 7.66. The van der Waals surface area contributed by atoms with Crippen molar-refractivity contribution < 1.29 is 9.47 Å². The Bertz CT molecular complexity index is 281. The molecule has 0 amide bonds. The van der Waals surface area contributed by atoms with Crippen molar-refractivity contribution in [3.05, 3.63) is 24.3 Å². The highest BCUT2D eigenvalue weighted by atomic mass is 35.5. The summed E-state index contributed by atoms with van der Waals surface area (Å²) in [5.41, 5.74) is 0. The molecule has 4 heteroatoms. The maximum Gasteiger partial charge on any atom is 0.161 e. The monoisotopic (exact) mass is 246 g/mol. The normalized spacial score (nSPS) is 10.0. The van der Waals surface area contributed by atoms with Gasteiger partial charge in [-0.2, -0.15) is 11.8 Å². The Labute approximate surface area is 99.9 Å². The summed E-state index contributed by atoms with van der Waals surface area (Å²) in [7, 11) is 1.64. The molecule has 0 bridgehead atoms. The summed E-state index contributed by atoms with van der Waals surface area (Å²) >= 11 is 7.35. The Hall–Kier alpha value is -0.540. The smallest absolute Gasteiger partial charge is 0.161 e. The number of rotatable bonds is 7. The van der Waals surface area contributed by atoms with Crippen LogP contribution in [0.1, 0.15) is 0 Å². The Morgan fingerprint density at radius 1 is 1.20 bits per heavy atom. The lowest BCUT2D eigenvalue weighted by Crippen LogP contribution is -2.02. The summed E-state index contributed by atoms with van der Waals surface area (Å²) < 4.78 is 10.8. The van der Waals surface area contributed by atoms with Crippen LogP contribution in [-0.4, -0.2) is 31.1 Å². The first kappa shape index (κ1) is 12.5. The molecule has 0 saturated carbocycles.